The lowest BCUT2D eigenvalue weighted by atomic mass is 10.1. The van der Waals surface area contributed by atoms with E-state index in [9.17, 15) is 4.79 Å². The van der Waals surface area contributed by atoms with E-state index in [1.54, 1.807) is 13.2 Å². The predicted octanol–water partition coefficient (Wildman–Crippen LogP) is 4.26. The van der Waals surface area contributed by atoms with Crippen LogP contribution in [0.15, 0.2) is 42.1 Å². The van der Waals surface area contributed by atoms with E-state index in [0.29, 0.717) is 23.3 Å². The highest BCUT2D eigenvalue weighted by molar-refractivity contribution is 8.00. The van der Waals surface area contributed by atoms with Gasteiger partial charge in [0.25, 0.3) is 0 Å². The third kappa shape index (κ3) is 5.28. The van der Waals surface area contributed by atoms with Crippen LogP contribution < -0.4 is 10.1 Å². The molecule has 1 aromatic carbocycles. The van der Waals surface area contributed by atoms with Crippen LogP contribution in [0.3, 0.4) is 0 Å². The number of amides is 1. The van der Waals surface area contributed by atoms with Gasteiger partial charge in [-0.25, -0.2) is 4.98 Å². The van der Waals surface area contributed by atoms with Gasteiger partial charge in [-0.15, -0.1) is 28.1 Å². The molecule has 1 atom stereocenters. The molecule has 0 aliphatic heterocycles. The van der Waals surface area contributed by atoms with Crippen LogP contribution in [0, 0.1) is 13.8 Å². The highest BCUT2D eigenvalue weighted by Gasteiger charge is 2.21. The summed E-state index contributed by atoms with van der Waals surface area (Å²) in [7, 11) is 1.65. The molecule has 30 heavy (non-hydrogen) atoms. The average Bonchev–Trinajstić information content (AvgIpc) is 3.25. The van der Waals surface area contributed by atoms with Crippen molar-refractivity contribution < 1.29 is 9.53 Å². The summed E-state index contributed by atoms with van der Waals surface area (Å²) in [5.41, 5.74) is 2.04. The van der Waals surface area contributed by atoms with Crippen LogP contribution in [0.25, 0.3) is 0 Å². The normalized spacial score (nSPS) is 11.9. The number of thioether (sulfide) groups is 1. The van der Waals surface area contributed by atoms with Gasteiger partial charge in [-0.3, -0.25) is 4.79 Å². The second-order valence-corrected chi connectivity index (χ2v) is 9.24. The number of carbonyl (C=O) groups is 1. The topological polar surface area (TPSA) is 81.9 Å². The number of nitrogens with one attached hydrogen (secondary N) is 1. The number of anilines is 1. The van der Waals surface area contributed by atoms with E-state index in [-0.39, 0.29) is 11.2 Å². The molecule has 7 nitrogen and oxygen atoms in total. The van der Waals surface area contributed by atoms with Gasteiger partial charge in [0, 0.05) is 17.8 Å². The van der Waals surface area contributed by atoms with Gasteiger partial charge >= 0.3 is 0 Å². The zero-order chi connectivity index (χ0) is 21.7. The number of methoxy groups -OCH3 is 1. The van der Waals surface area contributed by atoms with Gasteiger partial charge in [-0.05, 0) is 38.5 Å². The molecule has 0 spiro atoms. The van der Waals surface area contributed by atoms with Crippen molar-refractivity contribution in [1.29, 1.82) is 0 Å². The van der Waals surface area contributed by atoms with Gasteiger partial charge in [0.05, 0.1) is 18.1 Å². The Bertz CT molecular complexity index is 1010. The Kier molecular flexibility index (Phi) is 7.28. The third-order valence-corrected chi connectivity index (χ3v) is 6.61. The molecule has 1 unspecified atom stereocenters. The van der Waals surface area contributed by atoms with Crippen molar-refractivity contribution in [3.8, 4) is 5.75 Å². The predicted molar refractivity (Wildman–Crippen MR) is 122 cm³/mol. The summed E-state index contributed by atoms with van der Waals surface area (Å²) < 4.78 is 7.20. The fourth-order valence-electron chi connectivity index (χ4n) is 2.72. The molecule has 1 N–H and O–H groups in total. The molecule has 158 valence electrons. The summed E-state index contributed by atoms with van der Waals surface area (Å²) in [5.74, 6) is 1.52. The van der Waals surface area contributed by atoms with E-state index in [4.69, 9.17) is 4.74 Å². The molecule has 0 saturated heterocycles. The molecule has 3 aromatic rings. The Morgan fingerprint density at radius 1 is 1.33 bits per heavy atom. The largest absolute Gasteiger partial charge is 0.497 e. The maximum Gasteiger partial charge on any atom is 0.239 e. The molecule has 0 fully saturated rings. The minimum atomic E-state index is -0.351. The monoisotopic (exact) mass is 443 g/mol. The first kappa shape index (κ1) is 22.0. The minimum Gasteiger partial charge on any atom is -0.497 e. The zero-order valence-corrected chi connectivity index (χ0v) is 19.1. The van der Waals surface area contributed by atoms with Crippen LogP contribution >= 0.6 is 23.1 Å². The quantitative estimate of drug-likeness (QED) is 0.393. The van der Waals surface area contributed by atoms with E-state index < -0.39 is 0 Å². The number of carbonyl (C=O) groups excluding carboxylic acids is 1. The number of thiazole rings is 1. The number of hydrogen-bond donors (Lipinski definition) is 1. The molecule has 1 amide bonds. The van der Waals surface area contributed by atoms with Gasteiger partial charge in [-0.2, -0.15) is 0 Å². The number of allylic oxidation sites excluding steroid dienone is 1. The molecule has 2 heterocycles. The van der Waals surface area contributed by atoms with Crippen LogP contribution in [-0.4, -0.2) is 38.0 Å². The average molecular weight is 444 g/mol. The first-order chi connectivity index (χ1) is 14.4. The number of benzene rings is 1. The van der Waals surface area contributed by atoms with E-state index >= 15 is 0 Å². The maximum atomic E-state index is 12.6. The van der Waals surface area contributed by atoms with Crippen molar-refractivity contribution in [2.45, 2.75) is 44.1 Å². The minimum absolute atomic E-state index is 0.112. The third-order valence-electron chi connectivity index (χ3n) is 4.54. The van der Waals surface area contributed by atoms with Crippen LogP contribution in [0.1, 0.15) is 28.9 Å². The summed E-state index contributed by atoms with van der Waals surface area (Å²) in [4.78, 5) is 18.1. The molecule has 3 rings (SSSR count). The Hall–Kier alpha value is -2.65. The number of nitrogens with zero attached hydrogens (tertiary/aromatic N) is 4. The first-order valence-electron chi connectivity index (χ1n) is 9.48. The SMILES string of the molecule is C=CCn1c(Cc2ccc(OC)cc2)nnc1SC(C)C(=O)Nc1nc(C)c(C)s1. The van der Waals surface area contributed by atoms with E-state index in [1.165, 1.54) is 23.1 Å². The van der Waals surface area contributed by atoms with Crippen molar-refractivity contribution in [2.75, 3.05) is 12.4 Å². The van der Waals surface area contributed by atoms with Crippen molar-refractivity contribution in [2.24, 2.45) is 0 Å². The highest BCUT2D eigenvalue weighted by atomic mass is 32.2. The maximum absolute atomic E-state index is 12.6. The smallest absolute Gasteiger partial charge is 0.239 e. The Balaban J connectivity index is 1.71. The molecule has 2 aromatic heterocycles. The van der Waals surface area contributed by atoms with Gasteiger partial charge in [0.2, 0.25) is 5.91 Å². The van der Waals surface area contributed by atoms with Crippen molar-refractivity contribution in [1.82, 2.24) is 19.7 Å². The molecule has 0 saturated carbocycles. The van der Waals surface area contributed by atoms with E-state index in [0.717, 1.165) is 27.7 Å². The summed E-state index contributed by atoms with van der Waals surface area (Å²) in [6.45, 7) is 10.2. The molecule has 0 bridgehead atoms. The number of aryl methyl sites for hydroxylation is 2. The molecule has 0 aliphatic carbocycles. The van der Waals surface area contributed by atoms with Crippen molar-refractivity contribution >= 4 is 34.1 Å². The lowest BCUT2D eigenvalue weighted by Crippen LogP contribution is -2.23. The van der Waals surface area contributed by atoms with E-state index in [1.807, 2.05) is 49.6 Å². The summed E-state index contributed by atoms with van der Waals surface area (Å²) >= 11 is 2.85. The number of aromatic nitrogens is 4. The van der Waals surface area contributed by atoms with Crippen LogP contribution in [-0.2, 0) is 17.8 Å². The van der Waals surface area contributed by atoms with Gasteiger partial charge < -0.3 is 14.6 Å². The number of hydrogen-bond acceptors (Lipinski definition) is 7. The molecule has 9 heteroatoms. The molecule has 0 radical (unpaired) electrons. The Labute approximate surface area is 184 Å². The standard InChI is InChI=1S/C21H25N5O2S2/c1-6-11-26-18(12-16-7-9-17(28-5)10-8-16)24-25-21(26)30-15(4)19(27)23-20-22-13(2)14(3)29-20/h6-10,15H,1,11-12H2,2-5H3,(H,22,23,27). The highest BCUT2D eigenvalue weighted by Crippen LogP contribution is 2.26. The second kappa shape index (κ2) is 9.90. The summed E-state index contributed by atoms with van der Waals surface area (Å²) in [5, 5.41) is 12.5. The lowest BCUT2D eigenvalue weighted by Gasteiger charge is -2.12. The molecular weight excluding hydrogens is 418 g/mol. The first-order valence-corrected chi connectivity index (χ1v) is 11.2. The van der Waals surface area contributed by atoms with Crippen molar-refractivity contribution in [3.05, 3.63) is 58.9 Å². The Morgan fingerprint density at radius 2 is 2.07 bits per heavy atom. The van der Waals surface area contributed by atoms with Crippen LogP contribution in [0.4, 0.5) is 5.13 Å². The van der Waals surface area contributed by atoms with Crippen molar-refractivity contribution in [3.63, 3.8) is 0 Å². The van der Waals surface area contributed by atoms with Gasteiger partial charge in [0.15, 0.2) is 10.3 Å². The van der Waals surface area contributed by atoms with E-state index in [2.05, 4.69) is 27.1 Å². The van der Waals surface area contributed by atoms with Crippen LogP contribution in [0.5, 0.6) is 5.75 Å². The van der Waals surface area contributed by atoms with Gasteiger partial charge in [-0.1, -0.05) is 30.0 Å². The Morgan fingerprint density at radius 3 is 2.67 bits per heavy atom. The lowest BCUT2D eigenvalue weighted by molar-refractivity contribution is -0.115. The second-order valence-electron chi connectivity index (χ2n) is 6.73. The number of ether oxygens (including phenoxy) is 1. The molecular formula is C21H25N5O2S2. The van der Waals surface area contributed by atoms with Crippen LogP contribution in [0.2, 0.25) is 0 Å². The van der Waals surface area contributed by atoms with Gasteiger partial charge in [0.1, 0.15) is 11.6 Å². The fraction of sp³-hybridized carbons (Fsp3) is 0.333. The fourth-order valence-corrected chi connectivity index (χ4v) is 4.42. The zero-order valence-electron chi connectivity index (χ0n) is 17.5. The molecule has 0 aliphatic rings. The number of rotatable bonds is 9. The summed E-state index contributed by atoms with van der Waals surface area (Å²) in [6.07, 6.45) is 2.43. The summed E-state index contributed by atoms with van der Waals surface area (Å²) in [6, 6.07) is 7.86.